The maximum atomic E-state index is 9.66. The van der Waals surface area contributed by atoms with Gasteiger partial charge in [-0.3, -0.25) is 0 Å². The zero-order chi connectivity index (χ0) is 17.8. The van der Waals surface area contributed by atoms with E-state index in [0.717, 1.165) is 16.2 Å². The van der Waals surface area contributed by atoms with Gasteiger partial charge in [0.05, 0.1) is 0 Å². The van der Waals surface area contributed by atoms with Crippen molar-refractivity contribution in [2.45, 2.75) is 19.3 Å². The van der Waals surface area contributed by atoms with E-state index in [4.69, 9.17) is 12.2 Å². The molecule has 0 aliphatic carbocycles. The third-order valence-electron chi connectivity index (χ3n) is 2.83. The molecule has 0 saturated carbocycles. The Morgan fingerprint density at radius 3 is 1.72 bits per heavy atom. The predicted octanol–water partition coefficient (Wildman–Crippen LogP) is 0.750. The molecule has 0 unspecified atom stereocenters. The number of benzene rings is 2. The summed E-state index contributed by atoms with van der Waals surface area (Å²) in [4.78, 5) is 20.1. The summed E-state index contributed by atoms with van der Waals surface area (Å²) >= 11 is 5.29. The Kier molecular flexibility index (Phi) is 12.5. The third kappa shape index (κ3) is 11.4. The first-order chi connectivity index (χ1) is 11.5. The molecule has 0 aliphatic heterocycles. The van der Waals surface area contributed by atoms with Gasteiger partial charge in [-0.25, -0.2) is 0 Å². The fourth-order valence-corrected chi connectivity index (χ4v) is 1.95. The van der Waals surface area contributed by atoms with Gasteiger partial charge in [0, 0.05) is 23.2 Å². The van der Waals surface area contributed by atoms with Crippen LogP contribution in [0, 0.1) is 0 Å². The summed E-state index contributed by atoms with van der Waals surface area (Å²) in [6.07, 6.45) is -0.341. The molecule has 0 spiro atoms. The van der Waals surface area contributed by atoms with E-state index >= 15 is 0 Å². The van der Waals surface area contributed by atoms with Crippen LogP contribution in [0.1, 0.15) is 24.8 Å². The van der Waals surface area contributed by atoms with E-state index in [1.165, 1.54) is 0 Å². The van der Waals surface area contributed by atoms with Crippen molar-refractivity contribution >= 4 is 62.1 Å². The smallest absolute Gasteiger partial charge is 0.550 e. The van der Waals surface area contributed by atoms with Crippen LogP contribution in [-0.4, -0.2) is 44.2 Å². The Bertz CT molecular complexity index is 651. The summed E-state index contributed by atoms with van der Waals surface area (Å²) in [6, 6.07) is 19.9. The number of carbonyl (C=O) groups excluding carboxylic acids is 2. The number of hydrogen-bond acceptors (Lipinski definition) is 5. The number of rotatable bonds is 6. The molecule has 0 heterocycles. The maximum Gasteiger partial charge on any atom is 2.00 e. The Balaban J connectivity index is 0.000000504. The molecule has 0 amide bonds. The molecule has 0 bridgehead atoms. The minimum atomic E-state index is -1.23. The first kappa shape index (κ1) is 23.2. The predicted molar refractivity (Wildman–Crippen MR) is 97.8 cm³/mol. The minimum absolute atomic E-state index is 0. The van der Waals surface area contributed by atoms with Crippen LogP contribution in [-0.2, 0) is 9.59 Å². The molecule has 2 rings (SSSR count). The maximum absolute atomic E-state index is 9.66. The molecule has 0 atom stereocenters. The Morgan fingerprint density at radius 2 is 1.28 bits per heavy atom. The van der Waals surface area contributed by atoms with Crippen molar-refractivity contribution in [2.75, 3.05) is 5.32 Å². The average molecular weight is 551 g/mol. The summed E-state index contributed by atoms with van der Waals surface area (Å²) in [5.41, 5.74) is 2.06. The van der Waals surface area contributed by atoms with Crippen LogP contribution in [0.4, 0.5) is 5.69 Å². The number of anilines is 1. The molecular weight excluding hydrogens is 533 g/mol. The SMILES string of the molecule is O=C([O-])CCCC(=O)[O-].S=C(Nc1ccccc1)c1ccccc1.[Pb+2]. The van der Waals surface area contributed by atoms with Gasteiger partial charge in [0.25, 0.3) is 0 Å². The van der Waals surface area contributed by atoms with Crippen LogP contribution in [0.2, 0.25) is 0 Å². The molecule has 0 aliphatic rings. The molecule has 2 radical (unpaired) electrons. The molecule has 5 nitrogen and oxygen atoms in total. The minimum Gasteiger partial charge on any atom is -0.550 e. The van der Waals surface area contributed by atoms with E-state index < -0.39 is 11.9 Å². The normalized spacial score (nSPS) is 8.96. The number of aliphatic carboxylic acids is 2. The van der Waals surface area contributed by atoms with Gasteiger partial charge in [0.1, 0.15) is 4.99 Å². The summed E-state index contributed by atoms with van der Waals surface area (Å²) in [5.74, 6) is -2.45. The van der Waals surface area contributed by atoms with Crippen molar-refractivity contribution in [1.29, 1.82) is 0 Å². The van der Waals surface area contributed by atoms with E-state index in [1.54, 1.807) is 0 Å². The Labute approximate surface area is 172 Å². The van der Waals surface area contributed by atoms with Gasteiger partial charge in [-0.2, -0.15) is 0 Å². The molecule has 0 saturated heterocycles. The van der Waals surface area contributed by atoms with E-state index in [1.807, 2.05) is 60.7 Å². The average Bonchev–Trinajstić information content (AvgIpc) is 2.56. The van der Waals surface area contributed by atoms with Gasteiger partial charge in [0.2, 0.25) is 0 Å². The largest absolute Gasteiger partial charge is 2.00 e. The fourth-order valence-electron chi connectivity index (χ4n) is 1.69. The van der Waals surface area contributed by atoms with Crippen molar-refractivity contribution in [3.8, 4) is 0 Å². The topological polar surface area (TPSA) is 92.3 Å². The van der Waals surface area contributed by atoms with Gasteiger partial charge in [-0.1, -0.05) is 60.7 Å². The number of hydrogen-bond donors (Lipinski definition) is 1. The summed E-state index contributed by atoms with van der Waals surface area (Å²) in [5, 5.41) is 22.5. The van der Waals surface area contributed by atoms with Crippen LogP contribution in [0.5, 0.6) is 0 Å². The summed E-state index contributed by atoms with van der Waals surface area (Å²) < 4.78 is 0. The number of nitrogens with one attached hydrogen (secondary N) is 1. The second-order valence-electron chi connectivity index (χ2n) is 4.78. The zero-order valence-electron chi connectivity index (χ0n) is 13.4. The van der Waals surface area contributed by atoms with E-state index in [2.05, 4.69) is 5.32 Å². The van der Waals surface area contributed by atoms with Crippen LogP contribution >= 0.6 is 12.2 Å². The van der Waals surface area contributed by atoms with Crippen LogP contribution < -0.4 is 15.5 Å². The standard InChI is InChI=1S/C13H11NS.C5H8O4.Pb/c15-13(11-7-3-1-4-8-11)14-12-9-5-2-6-10-12;6-4(7)2-1-3-5(8)9;/h1-10H,(H,14,15);1-3H2,(H,6,7)(H,8,9);/q;;+2/p-2. The summed E-state index contributed by atoms with van der Waals surface area (Å²) in [7, 11) is 0. The molecule has 0 aromatic heterocycles. The van der Waals surface area contributed by atoms with Gasteiger partial charge in [-0.05, 0) is 31.4 Å². The quantitative estimate of drug-likeness (QED) is 0.422. The van der Waals surface area contributed by atoms with E-state index in [9.17, 15) is 19.8 Å². The number of carboxylic acid groups (broad SMARTS) is 2. The second-order valence-corrected chi connectivity index (χ2v) is 5.19. The van der Waals surface area contributed by atoms with Crippen LogP contribution in [0.15, 0.2) is 60.7 Å². The van der Waals surface area contributed by atoms with Crippen LogP contribution in [0.3, 0.4) is 0 Å². The second kappa shape index (κ2) is 13.5. The van der Waals surface area contributed by atoms with Gasteiger partial charge >= 0.3 is 27.3 Å². The summed E-state index contributed by atoms with van der Waals surface area (Å²) in [6.45, 7) is 0. The van der Waals surface area contributed by atoms with Crippen molar-refractivity contribution < 1.29 is 19.8 Å². The van der Waals surface area contributed by atoms with E-state index in [-0.39, 0.29) is 46.6 Å². The fraction of sp³-hybridized carbons (Fsp3) is 0.167. The van der Waals surface area contributed by atoms with Gasteiger partial charge in [-0.15, -0.1) is 0 Å². The van der Waals surface area contributed by atoms with Crippen molar-refractivity contribution in [3.05, 3.63) is 66.2 Å². The van der Waals surface area contributed by atoms with Crippen molar-refractivity contribution in [2.24, 2.45) is 0 Å². The third-order valence-corrected chi connectivity index (χ3v) is 3.17. The first-order valence-corrected chi connectivity index (χ1v) is 7.71. The molecule has 1 N–H and O–H groups in total. The zero-order valence-corrected chi connectivity index (χ0v) is 18.1. The van der Waals surface area contributed by atoms with E-state index in [0.29, 0.717) is 0 Å². The molecule has 2 aromatic rings. The number of carbonyl (C=O) groups is 2. The number of carboxylic acids is 2. The van der Waals surface area contributed by atoms with Crippen LogP contribution in [0.25, 0.3) is 0 Å². The number of thiocarbonyl (C=S) groups is 1. The molecule has 7 heteroatoms. The Morgan fingerprint density at radius 1 is 0.840 bits per heavy atom. The van der Waals surface area contributed by atoms with Crippen molar-refractivity contribution in [3.63, 3.8) is 0 Å². The van der Waals surface area contributed by atoms with Crippen molar-refractivity contribution in [1.82, 2.24) is 0 Å². The molecule has 2 aromatic carbocycles. The molecule has 25 heavy (non-hydrogen) atoms. The number of para-hydroxylation sites is 1. The monoisotopic (exact) mass is 551 g/mol. The molecule has 0 fully saturated rings. The molecule has 128 valence electrons. The molecular formula is C18H17NO4PbS. The van der Waals surface area contributed by atoms with Gasteiger partial charge in [0.15, 0.2) is 0 Å². The first-order valence-electron chi connectivity index (χ1n) is 7.30. The Hall–Kier alpha value is -1.81. The van der Waals surface area contributed by atoms with Gasteiger partial charge < -0.3 is 25.1 Å².